The Balaban J connectivity index is 2.19. The standard InChI is InChI=1S/C23H26FN5O4/c1-5-26-18-17(21(32)27(6-2)23(26)33)29-20(31)16(11-13(3)4)19(30)28(22(29)25-18)12-14-7-9-15(24)10-8-14/h7-10,13,31H,5-6,11-12H2,1-4H3. The molecule has 33 heavy (non-hydrogen) atoms. The van der Waals surface area contributed by atoms with Gasteiger partial charge in [-0.1, -0.05) is 26.0 Å². The lowest BCUT2D eigenvalue weighted by Crippen LogP contribution is -2.39. The number of aryl methyl sites for hydroxylation is 1. The second-order valence-corrected chi connectivity index (χ2v) is 8.41. The minimum absolute atomic E-state index is 0.0312. The number of halogens is 1. The molecule has 0 saturated carbocycles. The van der Waals surface area contributed by atoms with E-state index in [0.29, 0.717) is 5.56 Å². The molecule has 9 nitrogen and oxygen atoms in total. The highest BCUT2D eigenvalue weighted by Gasteiger charge is 2.25. The Kier molecular flexibility index (Phi) is 5.69. The molecule has 0 aliphatic rings. The van der Waals surface area contributed by atoms with E-state index in [1.165, 1.54) is 25.7 Å². The van der Waals surface area contributed by atoms with E-state index in [2.05, 4.69) is 4.98 Å². The molecular formula is C23H26FN5O4. The van der Waals surface area contributed by atoms with Gasteiger partial charge in [0.1, 0.15) is 5.82 Å². The van der Waals surface area contributed by atoms with Crippen LogP contribution in [-0.2, 0) is 26.1 Å². The van der Waals surface area contributed by atoms with Crippen LogP contribution in [0.5, 0.6) is 5.88 Å². The summed E-state index contributed by atoms with van der Waals surface area (Å²) in [6, 6.07) is 5.71. The van der Waals surface area contributed by atoms with Crippen molar-refractivity contribution in [1.82, 2.24) is 23.1 Å². The molecule has 0 aliphatic carbocycles. The van der Waals surface area contributed by atoms with Crippen LogP contribution < -0.4 is 16.8 Å². The van der Waals surface area contributed by atoms with Crippen molar-refractivity contribution < 1.29 is 9.50 Å². The maximum atomic E-state index is 13.4. The van der Waals surface area contributed by atoms with Crippen LogP contribution in [0.1, 0.15) is 38.8 Å². The highest BCUT2D eigenvalue weighted by molar-refractivity contribution is 5.76. The highest BCUT2D eigenvalue weighted by atomic mass is 19.1. The third-order valence-corrected chi connectivity index (χ3v) is 5.73. The van der Waals surface area contributed by atoms with Gasteiger partial charge in [0, 0.05) is 13.1 Å². The molecule has 1 N–H and O–H groups in total. The van der Waals surface area contributed by atoms with Gasteiger partial charge in [0.2, 0.25) is 11.7 Å². The van der Waals surface area contributed by atoms with E-state index in [1.54, 1.807) is 26.0 Å². The lowest BCUT2D eigenvalue weighted by atomic mass is 10.1. The van der Waals surface area contributed by atoms with Crippen LogP contribution in [0.15, 0.2) is 38.6 Å². The van der Waals surface area contributed by atoms with E-state index < -0.39 is 22.6 Å². The smallest absolute Gasteiger partial charge is 0.332 e. The quantitative estimate of drug-likeness (QED) is 0.480. The molecule has 0 spiro atoms. The first-order chi connectivity index (χ1) is 15.7. The van der Waals surface area contributed by atoms with E-state index >= 15 is 0 Å². The van der Waals surface area contributed by atoms with E-state index in [4.69, 9.17) is 0 Å². The molecule has 0 radical (unpaired) electrons. The molecule has 0 amide bonds. The fraction of sp³-hybridized carbons (Fsp3) is 0.391. The number of hydrogen-bond acceptors (Lipinski definition) is 5. The van der Waals surface area contributed by atoms with Gasteiger partial charge in [0.05, 0.1) is 12.1 Å². The molecule has 0 fully saturated rings. The van der Waals surface area contributed by atoms with Crippen LogP contribution in [0.2, 0.25) is 0 Å². The number of benzene rings is 1. The Hall–Kier alpha value is -3.69. The predicted octanol–water partition coefficient (Wildman–Crippen LogP) is 2.10. The first-order valence-electron chi connectivity index (χ1n) is 10.9. The molecule has 174 valence electrons. The van der Waals surface area contributed by atoms with Gasteiger partial charge in [-0.3, -0.25) is 23.3 Å². The van der Waals surface area contributed by atoms with Crippen molar-refractivity contribution in [3.63, 3.8) is 0 Å². The third kappa shape index (κ3) is 3.55. The summed E-state index contributed by atoms with van der Waals surface area (Å²) in [6.45, 7) is 7.72. The van der Waals surface area contributed by atoms with Gasteiger partial charge >= 0.3 is 5.69 Å². The average molecular weight is 455 g/mol. The van der Waals surface area contributed by atoms with E-state index in [0.717, 1.165) is 4.57 Å². The molecule has 0 unspecified atom stereocenters. The zero-order chi connectivity index (χ0) is 24.0. The fourth-order valence-corrected chi connectivity index (χ4v) is 4.16. The molecular weight excluding hydrogens is 429 g/mol. The first-order valence-corrected chi connectivity index (χ1v) is 10.9. The first kappa shape index (κ1) is 22.5. The molecule has 10 heteroatoms. The molecule has 0 atom stereocenters. The minimum atomic E-state index is -0.590. The number of imidazole rings is 1. The molecule has 4 aromatic rings. The maximum Gasteiger partial charge on any atom is 0.332 e. The predicted molar refractivity (Wildman–Crippen MR) is 123 cm³/mol. The van der Waals surface area contributed by atoms with Crippen LogP contribution in [0, 0.1) is 11.7 Å². The van der Waals surface area contributed by atoms with Crippen LogP contribution in [0.4, 0.5) is 4.39 Å². The zero-order valence-corrected chi connectivity index (χ0v) is 19.0. The molecule has 0 saturated heterocycles. The second kappa shape index (κ2) is 8.34. The second-order valence-electron chi connectivity index (χ2n) is 8.41. The molecule has 0 aliphatic heterocycles. The van der Waals surface area contributed by atoms with E-state index in [9.17, 15) is 23.9 Å². The lowest BCUT2D eigenvalue weighted by Gasteiger charge is -2.14. The molecule has 4 rings (SSSR count). The summed E-state index contributed by atoms with van der Waals surface area (Å²) in [4.78, 5) is 44.0. The van der Waals surface area contributed by atoms with Crippen molar-refractivity contribution in [3.8, 4) is 5.88 Å². The summed E-state index contributed by atoms with van der Waals surface area (Å²) >= 11 is 0. The lowest BCUT2D eigenvalue weighted by molar-refractivity contribution is 0.428. The topological polar surface area (TPSA) is 104 Å². The summed E-state index contributed by atoms with van der Waals surface area (Å²) in [7, 11) is 0. The summed E-state index contributed by atoms with van der Waals surface area (Å²) in [6.07, 6.45) is 0.277. The fourth-order valence-electron chi connectivity index (χ4n) is 4.16. The molecule has 3 aromatic heterocycles. The summed E-state index contributed by atoms with van der Waals surface area (Å²) in [5.74, 6) is -0.670. The Morgan fingerprint density at radius 3 is 2.18 bits per heavy atom. The molecule has 1 aromatic carbocycles. The minimum Gasteiger partial charge on any atom is -0.494 e. The third-order valence-electron chi connectivity index (χ3n) is 5.73. The van der Waals surface area contributed by atoms with Crippen molar-refractivity contribution in [2.24, 2.45) is 5.92 Å². The van der Waals surface area contributed by atoms with Crippen LogP contribution in [-0.4, -0.2) is 28.2 Å². The number of aromatic hydroxyl groups is 1. The van der Waals surface area contributed by atoms with Crippen LogP contribution in [0.3, 0.4) is 0 Å². The Bertz CT molecular complexity index is 1540. The van der Waals surface area contributed by atoms with E-state index in [-0.39, 0.29) is 60.4 Å². The number of nitrogens with zero attached hydrogens (tertiary/aromatic N) is 5. The molecule has 0 bridgehead atoms. The van der Waals surface area contributed by atoms with Gasteiger partial charge in [0.15, 0.2) is 11.2 Å². The van der Waals surface area contributed by atoms with Gasteiger partial charge in [-0.05, 0) is 43.9 Å². The van der Waals surface area contributed by atoms with Gasteiger partial charge < -0.3 is 5.11 Å². The van der Waals surface area contributed by atoms with Gasteiger partial charge in [0.25, 0.3) is 11.1 Å². The number of aromatic nitrogens is 5. The Labute approximate surface area is 188 Å². The maximum absolute atomic E-state index is 13.4. The average Bonchev–Trinajstić information content (AvgIpc) is 3.16. The zero-order valence-electron chi connectivity index (χ0n) is 19.0. The van der Waals surface area contributed by atoms with Gasteiger partial charge in [-0.15, -0.1) is 0 Å². The monoisotopic (exact) mass is 455 g/mol. The number of fused-ring (bicyclic) bond motifs is 3. The van der Waals surface area contributed by atoms with E-state index in [1.807, 2.05) is 13.8 Å². The van der Waals surface area contributed by atoms with Gasteiger partial charge in [-0.2, -0.15) is 4.98 Å². The number of rotatable bonds is 6. The summed E-state index contributed by atoms with van der Waals surface area (Å²) < 4.78 is 18.5. The van der Waals surface area contributed by atoms with Crippen molar-refractivity contribution in [2.75, 3.05) is 0 Å². The van der Waals surface area contributed by atoms with Crippen molar-refractivity contribution in [1.29, 1.82) is 0 Å². The van der Waals surface area contributed by atoms with Crippen molar-refractivity contribution in [3.05, 3.63) is 72.4 Å². The Morgan fingerprint density at radius 2 is 1.61 bits per heavy atom. The molecule has 3 heterocycles. The van der Waals surface area contributed by atoms with Crippen molar-refractivity contribution in [2.45, 2.75) is 53.8 Å². The SMILES string of the molecule is CCn1c(=O)c2c(nc3n(Cc4ccc(F)cc4)c(=O)c(CC(C)C)c(O)n23)n(CC)c1=O. The Morgan fingerprint density at radius 1 is 0.970 bits per heavy atom. The largest absolute Gasteiger partial charge is 0.494 e. The summed E-state index contributed by atoms with van der Waals surface area (Å²) in [5.41, 5.74) is -0.620. The number of hydrogen-bond donors (Lipinski definition) is 1. The normalized spacial score (nSPS) is 11.8. The van der Waals surface area contributed by atoms with Gasteiger partial charge in [-0.25, -0.2) is 13.6 Å². The van der Waals surface area contributed by atoms with Crippen molar-refractivity contribution >= 4 is 16.9 Å². The van der Waals surface area contributed by atoms with Crippen LogP contribution in [0.25, 0.3) is 16.9 Å². The van der Waals surface area contributed by atoms with Crippen LogP contribution >= 0.6 is 0 Å². The summed E-state index contributed by atoms with van der Waals surface area (Å²) in [5, 5.41) is 11.1. The highest BCUT2D eigenvalue weighted by Crippen LogP contribution is 2.24.